The summed E-state index contributed by atoms with van der Waals surface area (Å²) < 4.78 is 0. The van der Waals surface area contributed by atoms with Crippen molar-refractivity contribution in [2.45, 2.75) is 50.4 Å². The monoisotopic (exact) mass is 313 g/mol. The summed E-state index contributed by atoms with van der Waals surface area (Å²) in [6.07, 6.45) is 4.52. The van der Waals surface area contributed by atoms with Crippen molar-refractivity contribution in [1.29, 1.82) is 0 Å². The molecule has 122 valence electrons. The van der Waals surface area contributed by atoms with Gasteiger partial charge < -0.3 is 15.1 Å². The predicted octanol–water partition coefficient (Wildman–Crippen LogP) is 1.38. The van der Waals surface area contributed by atoms with Crippen LogP contribution in [0.4, 0.5) is 0 Å². The molecule has 4 rings (SSSR count). The number of hydrogen-bond donors (Lipinski definition) is 1. The Bertz CT molecular complexity index is 633. The van der Waals surface area contributed by atoms with Crippen LogP contribution in [0.2, 0.25) is 0 Å². The summed E-state index contributed by atoms with van der Waals surface area (Å²) in [5, 5.41) is 3.60. The largest absolute Gasteiger partial charge is 0.341 e. The Kier molecular flexibility index (Phi) is 3.60. The highest BCUT2D eigenvalue weighted by molar-refractivity contribution is 6.00. The lowest BCUT2D eigenvalue weighted by Crippen LogP contribution is -2.50. The second-order valence-corrected chi connectivity index (χ2v) is 7.09. The average Bonchev–Trinajstić information content (AvgIpc) is 3.06. The zero-order valence-corrected chi connectivity index (χ0v) is 13.5. The van der Waals surface area contributed by atoms with Crippen molar-refractivity contribution >= 4 is 11.8 Å². The summed E-state index contributed by atoms with van der Waals surface area (Å²) in [5.74, 6) is 0.0326. The molecule has 2 bridgehead atoms. The molecular formula is C18H23N3O2. The number of nitrogens with zero attached hydrogens (tertiary/aromatic N) is 2. The van der Waals surface area contributed by atoms with E-state index in [1.165, 1.54) is 12.8 Å². The molecule has 1 N–H and O–H groups in total. The fourth-order valence-corrected chi connectivity index (χ4v) is 4.26. The van der Waals surface area contributed by atoms with Gasteiger partial charge in [0, 0.05) is 37.3 Å². The Morgan fingerprint density at radius 2 is 1.96 bits per heavy atom. The van der Waals surface area contributed by atoms with E-state index in [2.05, 4.69) is 5.32 Å². The Hall–Kier alpha value is -1.88. The lowest BCUT2D eigenvalue weighted by atomic mass is 9.98. The number of carbonyl (C=O) groups is 2. The van der Waals surface area contributed by atoms with E-state index in [1.54, 1.807) is 4.90 Å². The number of piperidine rings is 1. The van der Waals surface area contributed by atoms with E-state index < -0.39 is 0 Å². The molecule has 2 fully saturated rings. The van der Waals surface area contributed by atoms with Crippen molar-refractivity contribution in [3.05, 3.63) is 35.4 Å². The quantitative estimate of drug-likeness (QED) is 0.917. The lowest BCUT2D eigenvalue weighted by molar-refractivity contribution is -0.133. The van der Waals surface area contributed by atoms with E-state index >= 15 is 0 Å². The van der Waals surface area contributed by atoms with Gasteiger partial charge in [0.15, 0.2) is 0 Å². The molecular weight excluding hydrogens is 290 g/mol. The highest BCUT2D eigenvalue weighted by atomic mass is 16.2. The van der Waals surface area contributed by atoms with Crippen LogP contribution in [-0.4, -0.2) is 53.3 Å². The van der Waals surface area contributed by atoms with Gasteiger partial charge in [0.2, 0.25) is 5.91 Å². The van der Waals surface area contributed by atoms with Crippen molar-refractivity contribution in [2.24, 2.45) is 0 Å². The van der Waals surface area contributed by atoms with Crippen molar-refractivity contribution in [3.63, 3.8) is 0 Å². The Morgan fingerprint density at radius 3 is 2.65 bits per heavy atom. The SMILES string of the molecule is CN(C(=O)CN1Cc2ccccc2C1=O)C1CC2CCC(C1)N2. The molecule has 3 aliphatic rings. The zero-order valence-electron chi connectivity index (χ0n) is 13.5. The third-order valence-corrected chi connectivity index (χ3v) is 5.61. The fraction of sp³-hybridized carbons (Fsp3) is 0.556. The number of likely N-dealkylation sites (N-methyl/N-ethyl adjacent to an activating group) is 1. The van der Waals surface area contributed by atoms with Crippen LogP contribution >= 0.6 is 0 Å². The van der Waals surface area contributed by atoms with Gasteiger partial charge in [-0.1, -0.05) is 18.2 Å². The Morgan fingerprint density at radius 1 is 1.26 bits per heavy atom. The molecule has 23 heavy (non-hydrogen) atoms. The summed E-state index contributed by atoms with van der Waals surface area (Å²) in [4.78, 5) is 28.6. The van der Waals surface area contributed by atoms with Gasteiger partial charge >= 0.3 is 0 Å². The Labute approximate surface area is 136 Å². The van der Waals surface area contributed by atoms with Crippen molar-refractivity contribution in [3.8, 4) is 0 Å². The number of amides is 2. The van der Waals surface area contributed by atoms with Gasteiger partial charge in [0.1, 0.15) is 6.54 Å². The molecule has 0 aromatic heterocycles. The zero-order chi connectivity index (χ0) is 16.0. The van der Waals surface area contributed by atoms with E-state index in [-0.39, 0.29) is 18.4 Å². The molecule has 2 saturated heterocycles. The van der Waals surface area contributed by atoms with Gasteiger partial charge in [0.05, 0.1) is 0 Å². The second kappa shape index (κ2) is 5.64. The van der Waals surface area contributed by atoms with Gasteiger partial charge in [-0.15, -0.1) is 0 Å². The molecule has 0 radical (unpaired) electrons. The van der Waals surface area contributed by atoms with Gasteiger partial charge in [-0.2, -0.15) is 0 Å². The van der Waals surface area contributed by atoms with Crippen molar-refractivity contribution in [1.82, 2.24) is 15.1 Å². The lowest BCUT2D eigenvalue weighted by Gasteiger charge is -2.36. The summed E-state index contributed by atoms with van der Waals surface area (Å²) in [6, 6.07) is 9.05. The molecule has 2 atom stereocenters. The molecule has 0 spiro atoms. The van der Waals surface area contributed by atoms with Gasteiger partial charge in [-0.05, 0) is 37.3 Å². The topological polar surface area (TPSA) is 52.7 Å². The summed E-state index contributed by atoms with van der Waals surface area (Å²) >= 11 is 0. The minimum absolute atomic E-state index is 0.0206. The number of rotatable bonds is 3. The molecule has 5 heteroatoms. The van der Waals surface area contributed by atoms with Crippen molar-refractivity contribution < 1.29 is 9.59 Å². The third kappa shape index (κ3) is 2.63. The van der Waals surface area contributed by atoms with E-state index in [0.717, 1.165) is 24.0 Å². The molecule has 3 aliphatic heterocycles. The molecule has 1 aromatic rings. The fourth-order valence-electron chi connectivity index (χ4n) is 4.26. The predicted molar refractivity (Wildman–Crippen MR) is 86.9 cm³/mol. The van der Waals surface area contributed by atoms with E-state index in [1.807, 2.05) is 36.2 Å². The van der Waals surface area contributed by atoms with Crippen LogP contribution in [0.3, 0.4) is 0 Å². The maximum atomic E-state index is 12.6. The van der Waals surface area contributed by atoms with E-state index in [4.69, 9.17) is 0 Å². The standard InChI is InChI=1S/C18H23N3O2/c1-20(15-8-13-6-7-14(9-15)19-13)17(22)11-21-10-12-4-2-3-5-16(12)18(21)23/h2-5,13-15,19H,6-11H2,1H3. The average molecular weight is 313 g/mol. The minimum atomic E-state index is -0.0206. The minimum Gasteiger partial charge on any atom is -0.341 e. The van der Waals surface area contributed by atoms with Crippen LogP contribution in [-0.2, 0) is 11.3 Å². The Balaban J connectivity index is 1.40. The molecule has 0 aliphatic carbocycles. The summed E-state index contributed by atoms with van der Waals surface area (Å²) in [7, 11) is 1.89. The first-order chi connectivity index (χ1) is 11.1. The maximum absolute atomic E-state index is 12.6. The number of fused-ring (bicyclic) bond motifs is 3. The maximum Gasteiger partial charge on any atom is 0.254 e. The van der Waals surface area contributed by atoms with Crippen LogP contribution in [0.15, 0.2) is 24.3 Å². The number of hydrogen-bond acceptors (Lipinski definition) is 3. The van der Waals surface area contributed by atoms with Crippen LogP contribution in [0.25, 0.3) is 0 Å². The molecule has 2 amide bonds. The van der Waals surface area contributed by atoms with Crippen LogP contribution < -0.4 is 5.32 Å². The molecule has 1 aromatic carbocycles. The second-order valence-electron chi connectivity index (χ2n) is 7.09. The summed E-state index contributed by atoms with van der Waals surface area (Å²) in [6.45, 7) is 0.731. The number of carbonyl (C=O) groups excluding carboxylic acids is 2. The molecule has 2 unspecified atom stereocenters. The van der Waals surface area contributed by atoms with E-state index in [0.29, 0.717) is 24.7 Å². The van der Waals surface area contributed by atoms with Gasteiger partial charge in [-0.3, -0.25) is 9.59 Å². The van der Waals surface area contributed by atoms with Crippen LogP contribution in [0, 0.1) is 0 Å². The summed E-state index contributed by atoms with van der Waals surface area (Å²) in [5.41, 5.74) is 1.76. The van der Waals surface area contributed by atoms with Crippen molar-refractivity contribution in [2.75, 3.05) is 13.6 Å². The molecule has 5 nitrogen and oxygen atoms in total. The van der Waals surface area contributed by atoms with Gasteiger partial charge in [-0.25, -0.2) is 0 Å². The first-order valence-electron chi connectivity index (χ1n) is 8.50. The highest BCUT2D eigenvalue weighted by Crippen LogP contribution is 2.29. The van der Waals surface area contributed by atoms with Gasteiger partial charge in [0.25, 0.3) is 5.91 Å². The molecule has 0 saturated carbocycles. The number of nitrogens with one attached hydrogen (secondary N) is 1. The first-order valence-corrected chi connectivity index (χ1v) is 8.50. The molecule has 3 heterocycles. The highest BCUT2D eigenvalue weighted by Gasteiger charge is 2.37. The van der Waals surface area contributed by atoms with E-state index in [9.17, 15) is 9.59 Å². The normalized spacial score (nSPS) is 28.8. The smallest absolute Gasteiger partial charge is 0.254 e. The van der Waals surface area contributed by atoms with Crippen LogP contribution in [0.5, 0.6) is 0 Å². The number of benzene rings is 1. The first kappa shape index (κ1) is 14.7. The third-order valence-electron chi connectivity index (χ3n) is 5.61. The van der Waals surface area contributed by atoms with Crippen LogP contribution in [0.1, 0.15) is 41.6 Å².